The van der Waals surface area contributed by atoms with E-state index < -0.39 is 12.1 Å². The number of benzene rings is 1. The Bertz CT molecular complexity index is 468. The highest BCUT2D eigenvalue weighted by Crippen LogP contribution is 2.19. The van der Waals surface area contributed by atoms with E-state index in [-0.39, 0.29) is 23.7 Å². The molecule has 0 fully saturated rings. The van der Waals surface area contributed by atoms with Gasteiger partial charge in [-0.3, -0.25) is 4.79 Å². The third-order valence-electron chi connectivity index (χ3n) is 2.64. The van der Waals surface area contributed by atoms with Crippen LogP contribution in [0.2, 0.25) is 0 Å². The molecule has 0 unspecified atom stereocenters. The topological polar surface area (TPSA) is 110 Å². The van der Waals surface area contributed by atoms with Crippen LogP contribution in [0.1, 0.15) is 20.8 Å². The molecule has 20 heavy (non-hydrogen) atoms. The number of rotatable bonds is 3. The van der Waals surface area contributed by atoms with Gasteiger partial charge < -0.3 is 22.1 Å². The summed E-state index contributed by atoms with van der Waals surface area (Å²) in [5.74, 6) is -0.247. The summed E-state index contributed by atoms with van der Waals surface area (Å²) in [6.45, 7) is 5.70. The van der Waals surface area contributed by atoms with E-state index in [1.807, 2.05) is 20.8 Å². The molecule has 6 N–H and O–H groups in total. The van der Waals surface area contributed by atoms with Crippen molar-refractivity contribution in [1.82, 2.24) is 0 Å². The lowest BCUT2D eigenvalue weighted by Crippen LogP contribution is -2.45. The molecule has 7 heteroatoms. The number of nitrogens with one attached hydrogen (secondary N) is 2. The number of carbonyl (C=O) groups is 2. The maximum atomic E-state index is 11.9. The van der Waals surface area contributed by atoms with Gasteiger partial charge in [0.15, 0.2) is 0 Å². The molecule has 0 aliphatic carbocycles. The molecule has 0 saturated carbocycles. The molecule has 0 aliphatic heterocycles. The third-order valence-corrected chi connectivity index (χ3v) is 2.64. The first-order valence-corrected chi connectivity index (χ1v) is 5.93. The lowest BCUT2D eigenvalue weighted by molar-refractivity contribution is -0.119. The van der Waals surface area contributed by atoms with Crippen LogP contribution < -0.4 is 22.1 Å². The van der Waals surface area contributed by atoms with Gasteiger partial charge in [0.25, 0.3) is 0 Å². The normalized spacial score (nSPS) is 12.0. The molecule has 6 nitrogen and oxygen atoms in total. The van der Waals surface area contributed by atoms with Crippen LogP contribution >= 0.6 is 12.4 Å². The number of halogens is 1. The summed E-state index contributed by atoms with van der Waals surface area (Å²) < 4.78 is 0. The summed E-state index contributed by atoms with van der Waals surface area (Å²) in [5, 5.41) is 5.15. The van der Waals surface area contributed by atoms with Crippen molar-refractivity contribution in [3.05, 3.63) is 24.3 Å². The average Bonchev–Trinajstić information content (AvgIpc) is 2.28. The molecule has 3 amide bonds. The number of hydrogen-bond acceptors (Lipinski definition) is 3. The van der Waals surface area contributed by atoms with E-state index >= 15 is 0 Å². The van der Waals surface area contributed by atoms with Crippen molar-refractivity contribution in [3.8, 4) is 0 Å². The van der Waals surface area contributed by atoms with Gasteiger partial charge in [0, 0.05) is 11.4 Å². The van der Waals surface area contributed by atoms with E-state index in [4.69, 9.17) is 11.5 Å². The van der Waals surface area contributed by atoms with Crippen molar-refractivity contribution in [2.75, 3.05) is 10.6 Å². The number of anilines is 2. The van der Waals surface area contributed by atoms with Crippen molar-refractivity contribution < 1.29 is 9.59 Å². The Balaban J connectivity index is 0.00000361. The highest BCUT2D eigenvalue weighted by Gasteiger charge is 2.27. The Labute approximate surface area is 124 Å². The van der Waals surface area contributed by atoms with E-state index in [9.17, 15) is 9.59 Å². The van der Waals surface area contributed by atoms with Crippen LogP contribution in [0.15, 0.2) is 24.3 Å². The summed E-state index contributed by atoms with van der Waals surface area (Å²) in [7, 11) is 0. The number of urea groups is 1. The average molecular weight is 301 g/mol. The number of primary amides is 1. The first-order chi connectivity index (χ1) is 8.70. The van der Waals surface area contributed by atoms with Crippen molar-refractivity contribution >= 4 is 35.7 Å². The fourth-order valence-corrected chi connectivity index (χ4v) is 1.39. The van der Waals surface area contributed by atoms with Gasteiger partial charge in [-0.25, -0.2) is 4.79 Å². The van der Waals surface area contributed by atoms with Gasteiger partial charge in [0.2, 0.25) is 5.91 Å². The van der Waals surface area contributed by atoms with Gasteiger partial charge >= 0.3 is 6.03 Å². The summed E-state index contributed by atoms with van der Waals surface area (Å²) in [5.41, 5.74) is 11.7. The van der Waals surface area contributed by atoms with E-state index in [1.165, 1.54) is 0 Å². The smallest absolute Gasteiger partial charge is 0.316 e. The number of hydrogen-bond donors (Lipinski definition) is 4. The maximum Gasteiger partial charge on any atom is 0.316 e. The molecule has 0 bridgehead atoms. The Morgan fingerprint density at radius 1 is 1.05 bits per heavy atom. The molecule has 1 aromatic rings. The molecular weight excluding hydrogens is 280 g/mol. The second-order valence-corrected chi connectivity index (χ2v) is 5.40. The first kappa shape index (κ1) is 18.2. The van der Waals surface area contributed by atoms with E-state index in [1.54, 1.807) is 24.3 Å². The summed E-state index contributed by atoms with van der Waals surface area (Å²) in [6.07, 6.45) is 0. The van der Waals surface area contributed by atoms with Gasteiger partial charge in [-0.05, 0) is 29.7 Å². The molecule has 1 atom stereocenters. The molecule has 112 valence electrons. The zero-order valence-electron chi connectivity index (χ0n) is 11.8. The quantitative estimate of drug-likeness (QED) is 0.684. The standard InChI is InChI=1S/C13H20N4O2.ClH/c1-13(2,3)10(14)11(18)16-8-4-6-9(7-5-8)17-12(15)19;/h4-7,10H,14H2,1-3H3,(H,16,18)(H3,15,17,19);1H/t10-;/m1./s1. The summed E-state index contributed by atoms with van der Waals surface area (Å²) in [4.78, 5) is 22.6. The van der Waals surface area contributed by atoms with Crippen LogP contribution in [-0.4, -0.2) is 18.0 Å². The van der Waals surface area contributed by atoms with Gasteiger partial charge in [0.1, 0.15) is 0 Å². The minimum absolute atomic E-state index is 0. The summed E-state index contributed by atoms with van der Waals surface area (Å²) in [6, 6.07) is 5.38. The Morgan fingerprint density at radius 3 is 1.80 bits per heavy atom. The zero-order valence-corrected chi connectivity index (χ0v) is 12.6. The van der Waals surface area contributed by atoms with Gasteiger partial charge in [0.05, 0.1) is 6.04 Å². The molecule has 0 radical (unpaired) electrons. The third kappa shape index (κ3) is 5.46. The van der Waals surface area contributed by atoms with Crippen LogP contribution in [-0.2, 0) is 4.79 Å². The van der Waals surface area contributed by atoms with Gasteiger partial charge in [-0.2, -0.15) is 0 Å². The lowest BCUT2D eigenvalue weighted by Gasteiger charge is -2.25. The SMILES string of the molecule is CC(C)(C)[C@H](N)C(=O)Nc1ccc(NC(N)=O)cc1.Cl. The molecule has 0 heterocycles. The highest BCUT2D eigenvalue weighted by molar-refractivity contribution is 5.95. The second kappa shape index (κ2) is 7.12. The predicted molar refractivity (Wildman–Crippen MR) is 83.0 cm³/mol. The van der Waals surface area contributed by atoms with Crippen molar-refractivity contribution in [2.24, 2.45) is 16.9 Å². The Kier molecular flexibility index (Phi) is 6.48. The molecular formula is C13H21ClN4O2. The molecule has 0 spiro atoms. The van der Waals surface area contributed by atoms with Crippen LogP contribution in [0.3, 0.4) is 0 Å². The van der Waals surface area contributed by atoms with Crippen molar-refractivity contribution in [3.63, 3.8) is 0 Å². The Hall–Kier alpha value is -1.79. The minimum Gasteiger partial charge on any atom is -0.351 e. The van der Waals surface area contributed by atoms with Crippen LogP contribution in [0.25, 0.3) is 0 Å². The van der Waals surface area contributed by atoms with Crippen LogP contribution in [0.5, 0.6) is 0 Å². The maximum absolute atomic E-state index is 11.9. The molecule has 0 aromatic heterocycles. The molecule has 1 aromatic carbocycles. The molecule has 1 rings (SSSR count). The monoisotopic (exact) mass is 300 g/mol. The Morgan fingerprint density at radius 2 is 1.45 bits per heavy atom. The zero-order chi connectivity index (χ0) is 14.6. The number of carbonyl (C=O) groups excluding carboxylic acids is 2. The summed E-state index contributed by atoms with van der Waals surface area (Å²) >= 11 is 0. The largest absolute Gasteiger partial charge is 0.351 e. The van der Waals surface area contributed by atoms with Gasteiger partial charge in [-0.15, -0.1) is 12.4 Å². The van der Waals surface area contributed by atoms with E-state index in [0.29, 0.717) is 11.4 Å². The fourth-order valence-electron chi connectivity index (χ4n) is 1.39. The van der Waals surface area contributed by atoms with E-state index in [0.717, 1.165) is 0 Å². The molecule has 0 saturated heterocycles. The number of nitrogens with two attached hydrogens (primary N) is 2. The highest BCUT2D eigenvalue weighted by atomic mass is 35.5. The fraction of sp³-hybridized carbons (Fsp3) is 0.385. The van der Waals surface area contributed by atoms with Crippen molar-refractivity contribution in [2.45, 2.75) is 26.8 Å². The first-order valence-electron chi connectivity index (χ1n) is 5.93. The predicted octanol–water partition coefficient (Wildman–Crippen LogP) is 1.91. The van der Waals surface area contributed by atoms with Crippen LogP contribution in [0.4, 0.5) is 16.2 Å². The van der Waals surface area contributed by atoms with Crippen molar-refractivity contribution in [1.29, 1.82) is 0 Å². The van der Waals surface area contributed by atoms with Gasteiger partial charge in [-0.1, -0.05) is 20.8 Å². The van der Waals surface area contributed by atoms with Crippen LogP contribution in [0, 0.1) is 5.41 Å². The van der Waals surface area contributed by atoms with E-state index in [2.05, 4.69) is 10.6 Å². The lowest BCUT2D eigenvalue weighted by atomic mass is 9.87. The second-order valence-electron chi connectivity index (χ2n) is 5.40. The molecule has 0 aliphatic rings. The number of amides is 3. The minimum atomic E-state index is -0.633.